The first-order valence-corrected chi connectivity index (χ1v) is 6.98. The molecule has 0 aliphatic heterocycles. The standard InChI is InChI=1S/C13H14FN3OS/c1-8-4-5-11(14)6-10(8)7-17-12(18)9(2)15-16-13(17)19-3/h4-6H,7H2,1-3H3. The highest BCUT2D eigenvalue weighted by Crippen LogP contribution is 2.15. The molecule has 0 radical (unpaired) electrons. The van der Waals surface area contributed by atoms with Crippen LogP contribution in [0.2, 0.25) is 0 Å². The van der Waals surface area contributed by atoms with Crippen LogP contribution in [0.1, 0.15) is 16.8 Å². The Hall–Kier alpha value is -1.69. The molecular weight excluding hydrogens is 265 g/mol. The smallest absolute Gasteiger partial charge is 0.276 e. The molecule has 0 aliphatic carbocycles. The molecule has 1 aromatic carbocycles. The second-order valence-corrected chi connectivity index (χ2v) is 5.01. The molecule has 0 saturated heterocycles. The molecule has 1 aromatic heterocycles. The van der Waals surface area contributed by atoms with Crippen molar-refractivity contribution in [3.05, 3.63) is 51.2 Å². The SMILES string of the molecule is CSc1nnc(C)c(=O)n1Cc1cc(F)ccc1C. The number of hydrogen-bond acceptors (Lipinski definition) is 4. The zero-order valence-electron chi connectivity index (χ0n) is 11.0. The normalized spacial score (nSPS) is 10.7. The van der Waals surface area contributed by atoms with E-state index in [1.165, 1.54) is 28.5 Å². The number of aromatic nitrogens is 3. The summed E-state index contributed by atoms with van der Waals surface area (Å²) in [5.74, 6) is -0.307. The Kier molecular flexibility index (Phi) is 3.99. The molecule has 0 fully saturated rings. The zero-order valence-corrected chi connectivity index (χ0v) is 11.8. The Balaban J connectivity index is 2.51. The number of rotatable bonds is 3. The van der Waals surface area contributed by atoms with Crippen LogP contribution in [0.15, 0.2) is 28.2 Å². The van der Waals surface area contributed by atoms with Crippen molar-refractivity contribution in [2.45, 2.75) is 25.5 Å². The quantitative estimate of drug-likeness (QED) is 0.808. The van der Waals surface area contributed by atoms with Crippen molar-refractivity contribution in [3.63, 3.8) is 0 Å². The molecule has 100 valence electrons. The van der Waals surface area contributed by atoms with Crippen LogP contribution < -0.4 is 5.56 Å². The summed E-state index contributed by atoms with van der Waals surface area (Å²) in [6, 6.07) is 4.56. The Morgan fingerprint density at radius 3 is 2.74 bits per heavy atom. The van der Waals surface area contributed by atoms with E-state index in [1.807, 2.05) is 13.2 Å². The largest absolute Gasteiger partial charge is 0.280 e. The third-order valence-corrected chi connectivity index (χ3v) is 3.56. The van der Waals surface area contributed by atoms with Crippen molar-refractivity contribution in [2.75, 3.05) is 6.26 Å². The van der Waals surface area contributed by atoms with Crippen molar-refractivity contribution < 1.29 is 4.39 Å². The van der Waals surface area contributed by atoms with Crippen molar-refractivity contribution in [1.82, 2.24) is 14.8 Å². The Labute approximate surface area is 114 Å². The van der Waals surface area contributed by atoms with Gasteiger partial charge in [0.25, 0.3) is 5.56 Å². The van der Waals surface area contributed by atoms with E-state index in [0.29, 0.717) is 17.4 Å². The van der Waals surface area contributed by atoms with Crippen LogP contribution in [0, 0.1) is 19.7 Å². The summed E-state index contributed by atoms with van der Waals surface area (Å²) >= 11 is 1.34. The van der Waals surface area contributed by atoms with E-state index in [9.17, 15) is 9.18 Å². The summed E-state index contributed by atoms with van der Waals surface area (Å²) < 4.78 is 14.8. The summed E-state index contributed by atoms with van der Waals surface area (Å²) in [5.41, 5.74) is 1.86. The third kappa shape index (κ3) is 2.84. The predicted molar refractivity (Wildman–Crippen MR) is 73.0 cm³/mol. The molecule has 0 atom stereocenters. The number of halogens is 1. The first kappa shape index (κ1) is 13.7. The molecule has 0 amide bonds. The molecular formula is C13H14FN3OS. The second-order valence-electron chi connectivity index (χ2n) is 4.23. The molecule has 6 heteroatoms. The van der Waals surface area contributed by atoms with Crippen LogP contribution in [0.5, 0.6) is 0 Å². The number of hydrogen-bond donors (Lipinski definition) is 0. The predicted octanol–water partition coefficient (Wildman–Crippen LogP) is 2.16. The van der Waals surface area contributed by atoms with Gasteiger partial charge in [-0.25, -0.2) is 4.39 Å². The average molecular weight is 279 g/mol. The fourth-order valence-electron chi connectivity index (χ4n) is 1.77. The summed E-state index contributed by atoms with van der Waals surface area (Å²) in [4.78, 5) is 12.1. The molecule has 0 saturated carbocycles. The molecule has 2 aromatic rings. The van der Waals surface area contributed by atoms with Gasteiger partial charge in [0.05, 0.1) is 6.54 Å². The highest BCUT2D eigenvalue weighted by molar-refractivity contribution is 7.98. The maximum atomic E-state index is 13.3. The Morgan fingerprint density at radius 2 is 2.05 bits per heavy atom. The lowest BCUT2D eigenvalue weighted by atomic mass is 10.1. The zero-order chi connectivity index (χ0) is 14.0. The van der Waals surface area contributed by atoms with Crippen LogP contribution in [0.3, 0.4) is 0 Å². The van der Waals surface area contributed by atoms with E-state index >= 15 is 0 Å². The fraction of sp³-hybridized carbons (Fsp3) is 0.308. The summed E-state index contributed by atoms with van der Waals surface area (Å²) in [6.07, 6.45) is 1.83. The van der Waals surface area contributed by atoms with E-state index in [1.54, 1.807) is 13.0 Å². The first-order valence-electron chi connectivity index (χ1n) is 5.76. The molecule has 0 aliphatic rings. The van der Waals surface area contributed by atoms with Gasteiger partial charge in [0, 0.05) is 0 Å². The Morgan fingerprint density at radius 1 is 1.32 bits per heavy atom. The van der Waals surface area contributed by atoms with Gasteiger partial charge in [0.15, 0.2) is 5.16 Å². The van der Waals surface area contributed by atoms with Crippen molar-refractivity contribution in [3.8, 4) is 0 Å². The minimum atomic E-state index is -0.307. The van der Waals surface area contributed by atoms with Gasteiger partial charge < -0.3 is 0 Å². The van der Waals surface area contributed by atoms with E-state index in [0.717, 1.165) is 11.1 Å². The lowest BCUT2D eigenvalue weighted by molar-refractivity contribution is 0.590. The van der Waals surface area contributed by atoms with E-state index in [2.05, 4.69) is 10.2 Å². The van der Waals surface area contributed by atoms with Crippen molar-refractivity contribution in [2.24, 2.45) is 0 Å². The highest BCUT2D eigenvalue weighted by atomic mass is 32.2. The van der Waals surface area contributed by atoms with E-state index in [4.69, 9.17) is 0 Å². The lowest BCUT2D eigenvalue weighted by Crippen LogP contribution is -2.27. The van der Waals surface area contributed by atoms with Crippen LogP contribution in [0.4, 0.5) is 4.39 Å². The number of nitrogens with zero attached hydrogens (tertiary/aromatic N) is 3. The maximum Gasteiger partial charge on any atom is 0.276 e. The van der Waals surface area contributed by atoms with E-state index < -0.39 is 0 Å². The van der Waals surface area contributed by atoms with Gasteiger partial charge in [0.1, 0.15) is 11.5 Å². The Bertz CT molecular complexity index is 669. The number of benzene rings is 1. The van der Waals surface area contributed by atoms with Crippen LogP contribution in [0.25, 0.3) is 0 Å². The van der Waals surface area contributed by atoms with Gasteiger partial charge in [-0.2, -0.15) is 0 Å². The van der Waals surface area contributed by atoms with Gasteiger partial charge in [-0.1, -0.05) is 17.8 Å². The van der Waals surface area contributed by atoms with Gasteiger partial charge in [-0.15, -0.1) is 10.2 Å². The molecule has 0 bridgehead atoms. The third-order valence-electron chi connectivity index (χ3n) is 2.89. The first-order chi connectivity index (χ1) is 9.02. The minimum Gasteiger partial charge on any atom is -0.280 e. The molecule has 2 rings (SSSR count). The van der Waals surface area contributed by atoms with Crippen LogP contribution in [-0.2, 0) is 6.54 Å². The van der Waals surface area contributed by atoms with Gasteiger partial charge in [-0.3, -0.25) is 9.36 Å². The molecule has 0 spiro atoms. The molecule has 0 unspecified atom stereocenters. The van der Waals surface area contributed by atoms with Gasteiger partial charge in [-0.05, 0) is 43.4 Å². The van der Waals surface area contributed by atoms with Crippen molar-refractivity contribution >= 4 is 11.8 Å². The van der Waals surface area contributed by atoms with Crippen LogP contribution >= 0.6 is 11.8 Å². The van der Waals surface area contributed by atoms with Gasteiger partial charge in [0.2, 0.25) is 0 Å². The minimum absolute atomic E-state index is 0.192. The summed E-state index contributed by atoms with van der Waals surface area (Å²) in [6.45, 7) is 3.81. The number of thioether (sulfide) groups is 1. The van der Waals surface area contributed by atoms with Crippen LogP contribution in [-0.4, -0.2) is 21.0 Å². The lowest BCUT2D eigenvalue weighted by Gasteiger charge is -2.12. The monoisotopic (exact) mass is 279 g/mol. The van der Waals surface area contributed by atoms with E-state index in [-0.39, 0.29) is 11.4 Å². The number of aryl methyl sites for hydroxylation is 2. The topological polar surface area (TPSA) is 47.8 Å². The fourth-order valence-corrected chi connectivity index (χ4v) is 2.26. The van der Waals surface area contributed by atoms with Crippen molar-refractivity contribution in [1.29, 1.82) is 0 Å². The molecule has 4 nitrogen and oxygen atoms in total. The maximum absolute atomic E-state index is 13.3. The molecule has 19 heavy (non-hydrogen) atoms. The molecule has 0 N–H and O–H groups in total. The highest BCUT2D eigenvalue weighted by Gasteiger charge is 2.10. The molecule has 1 heterocycles. The average Bonchev–Trinajstić information content (AvgIpc) is 2.39. The summed E-state index contributed by atoms with van der Waals surface area (Å²) in [7, 11) is 0. The second kappa shape index (κ2) is 5.52. The van der Waals surface area contributed by atoms with Gasteiger partial charge >= 0.3 is 0 Å². The summed E-state index contributed by atoms with van der Waals surface area (Å²) in [5, 5.41) is 8.33.